The summed E-state index contributed by atoms with van der Waals surface area (Å²) in [6.45, 7) is 2.83. The Labute approximate surface area is 180 Å². The molecule has 2 aromatic heterocycles. The van der Waals surface area contributed by atoms with Crippen molar-refractivity contribution in [3.05, 3.63) is 53.9 Å². The molecule has 1 N–H and O–H groups in total. The Kier molecular flexibility index (Phi) is 5.66. The fourth-order valence-corrected chi connectivity index (χ4v) is 4.02. The number of carbonyl (C=O) groups is 1. The van der Waals surface area contributed by atoms with Crippen LogP contribution in [0, 0.1) is 0 Å². The van der Waals surface area contributed by atoms with E-state index in [1.165, 1.54) is 0 Å². The standard InChI is InChI=1S/C22H26N6O3/c29-22(16-6-8-18(9-7-16)31-15-19-4-3-11-30-19)24-17-12-23-27(13-17)14-21-26-25-20-5-1-2-10-28(20)21/h6-9,12-13,19H,1-5,10-11,14-15H2,(H,24,29)/t19-/m0/s1. The van der Waals surface area contributed by atoms with E-state index in [1.54, 1.807) is 29.2 Å². The second-order valence-corrected chi connectivity index (χ2v) is 7.99. The second-order valence-electron chi connectivity index (χ2n) is 7.99. The van der Waals surface area contributed by atoms with E-state index in [-0.39, 0.29) is 12.0 Å². The van der Waals surface area contributed by atoms with Gasteiger partial charge in [-0.1, -0.05) is 0 Å². The van der Waals surface area contributed by atoms with Crippen LogP contribution in [-0.2, 0) is 24.2 Å². The maximum absolute atomic E-state index is 12.6. The minimum absolute atomic E-state index is 0.169. The first kappa shape index (κ1) is 19.7. The molecule has 2 aliphatic heterocycles. The van der Waals surface area contributed by atoms with Gasteiger partial charge in [0.25, 0.3) is 5.91 Å². The molecule has 1 aromatic carbocycles. The molecule has 0 unspecified atom stereocenters. The zero-order chi connectivity index (χ0) is 21.0. The van der Waals surface area contributed by atoms with Crippen molar-refractivity contribution in [2.45, 2.75) is 51.3 Å². The van der Waals surface area contributed by atoms with E-state index in [9.17, 15) is 4.79 Å². The van der Waals surface area contributed by atoms with Gasteiger partial charge in [0.15, 0.2) is 5.82 Å². The summed E-state index contributed by atoms with van der Waals surface area (Å²) in [6, 6.07) is 7.13. The average Bonchev–Trinajstić information content (AvgIpc) is 3.55. The summed E-state index contributed by atoms with van der Waals surface area (Å²) in [5, 5.41) is 15.8. The topological polar surface area (TPSA) is 96.1 Å². The van der Waals surface area contributed by atoms with Gasteiger partial charge in [0.2, 0.25) is 0 Å². The first-order valence-corrected chi connectivity index (χ1v) is 10.8. The molecule has 9 heteroatoms. The molecule has 0 radical (unpaired) electrons. The number of hydrogen-bond acceptors (Lipinski definition) is 6. The van der Waals surface area contributed by atoms with Crippen LogP contribution in [0.4, 0.5) is 5.69 Å². The Balaban J connectivity index is 1.16. The van der Waals surface area contributed by atoms with Crippen LogP contribution in [0.1, 0.15) is 47.7 Å². The van der Waals surface area contributed by atoms with Crippen molar-refractivity contribution in [2.75, 3.05) is 18.5 Å². The molecule has 162 valence electrons. The van der Waals surface area contributed by atoms with Crippen molar-refractivity contribution in [2.24, 2.45) is 0 Å². The maximum Gasteiger partial charge on any atom is 0.255 e. The van der Waals surface area contributed by atoms with Crippen LogP contribution < -0.4 is 10.1 Å². The predicted molar refractivity (Wildman–Crippen MR) is 113 cm³/mol. The van der Waals surface area contributed by atoms with Gasteiger partial charge < -0.3 is 19.4 Å². The van der Waals surface area contributed by atoms with Gasteiger partial charge in [-0.2, -0.15) is 5.10 Å². The summed E-state index contributed by atoms with van der Waals surface area (Å²) in [5.41, 5.74) is 1.20. The van der Waals surface area contributed by atoms with Crippen molar-refractivity contribution in [1.82, 2.24) is 24.5 Å². The normalized spacial score (nSPS) is 18.0. The fourth-order valence-electron chi connectivity index (χ4n) is 4.02. The zero-order valence-electron chi connectivity index (χ0n) is 17.4. The minimum atomic E-state index is -0.190. The zero-order valence-corrected chi connectivity index (χ0v) is 17.4. The number of ether oxygens (including phenoxy) is 2. The highest BCUT2D eigenvalue weighted by Crippen LogP contribution is 2.18. The van der Waals surface area contributed by atoms with Crippen molar-refractivity contribution in [3.63, 3.8) is 0 Å². The molecule has 5 rings (SSSR count). The van der Waals surface area contributed by atoms with Crippen LogP contribution in [-0.4, -0.2) is 49.8 Å². The number of carbonyl (C=O) groups excluding carboxylic acids is 1. The average molecular weight is 422 g/mol. The van der Waals surface area contributed by atoms with Crippen molar-refractivity contribution >= 4 is 11.6 Å². The summed E-state index contributed by atoms with van der Waals surface area (Å²) in [5.74, 6) is 2.49. The Morgan fingerprint density at radius 2 is 2.10 bits per heavy atom. The Hall–Kier alpha value is -3.20. The summed E-state index contributed by atoms with van der Waals surface area (Å²) < 4.78 is 15.3. The van der Waals surface area contributed by atoms with E-state index in [0.29, 0.717) is 24.4 Å². The molecule has 4 heterocycles. The van der Waals surface area contributed by atoms with Gasteiger partial charge in [-0.15, -0.1) is 10.2 Å². The van der Waals surface area contributed by atoms with Gasteiger partial charge in [0.05, 0.1) is 18.0 Å². The van der Waals surface area contributed by atoms with Crippen LogP contribution in [0.3, 0.4) is 0 Å². The van der Waals surface area contributed by atoms with Gasteiger partial charge in [-0.05, 0) is 49.9 Å². The quantitative estimate of drug-likeness (QED) is 0.629. The van der Waals surface area contributed by atoms with Gasteiger partial charge in [-0.3, -0.25) is 9.48 Å². The monoisotopic (exact) mass is 422 g/mol. The first-order valence-electron chi connectivity index (χ1n) is 10.8. The summed E-state index contributed by atoms with van der Waals surface area (Å²) in [6.07, 6.45) is 9.04. The number of nitrogens with zero attached hydrogens (tertiary/aromatic N) is 5. The molecule has 0 aliphatic carbocycles. The number of fused-ring (bicyclic) bond motifs is 1. The summed E-state index contributed by atoms with van der Waals surface area (Å²) >= 11 is 0. The van der Waals surface area contributed by atoms with Crippen molar-refractivity contribution < 1.29 is 14.3 Å². The molecule has 1 amide bonds. The third-order valence-electron chi connectivity index (χ3n) is 5.71. The van der Waals surface area contributed by atoms with E-state index in [2.05, 4.69) is 25.2 Å². The highest BCUT2D eigenvalue weighted by molar-refractivity contribution is 6.04. The van der Waals surface area contributed by atoms with Gasteiger partial charge in [0.1, 0.15) is 24.7 Å². The van der Waals surface area contributed by atoms with E-state index in [0.717, 1.165) is 62.7 Å². The van der Waals surface area contributed by atoms with Crippen LogP contribution in [0.15, 0.2) is 36.7 Å². The number of rotatable bonds is 7. The smallest absolute Gasteiger partial charge is 0.255 e. The van der Waals surface area contributed by atoms with Crippen molar-refractivity contribution in [1.29, 1.82) is 0 Å². The number of nitrogens with one attached hydrogen (secondary N) is 1. The van der Waals surface area contributed by atoms with Crippen LogP contribution in [0.2, 0.25) is 0 Å². The molecule has 9 nitrogen and oxygen atoms in total. The molecule has 0 saturated carbocycles. The Morgan fingerprint density at radius 3 is 2.94 bits per heavy atom. The lowest BCUT2D eigenvalue weighted by atomic mass is 10.2. The lowest BCUT2D eigenvalue weighted by Crippen LogP contribution is -2.16. The number of aromatic nitrogens is 5. The number of amides is 1. The number of anilines is 1. The maximum atomic E-state index is 12.6. The molecule has 0 spiro atoms. The number of hydrogen-bond donors (Lipinski definition) is 1. The third kappa shape index (κ3) is 4.61. The number of benzene rings is 1. The molecular formula is C22H26N6O3. The lowest BCUT2D eigenvalue weighted by Gasteiger charge is -2.14. The molecule has 31 heavy (non-hydrogen) atoms. The summed E-state index contributed by atoms with van der Waals surface area (Å²) in [7, 11) is 0. The second kappa shape index (κ2) is 8.89. The predicted octanol–water partition coefficient (Wildman–Crippen LogP) is 2.67. The molecule has 2 aliphatic rings. The summed E-state index contributed by atoms with van der Waals surface area (Å²) in [4.78, 5) is 12.6. The molecule has 1 fully saturated rings. The molecular weight excluding hydrogens is 396 g/mol. The van der Waals surface area contributed by atoms with E-state index in [1.807, 2.05) is 12.1 Å². The molecule has 1 saturated heterocycles. The van der Waals surface area contributed by atoms with E-state index < -0.39 is 0 Å². The van der Waals surface area contributed by atoms with E-state index in [4.69, 9.17) is 9.47 Å². The van der Waals surface area contributed by atoms with Crippen LogP contribution in [0.25, 0.3) is 0 Å². The van der Waals surface area contributed by atoms with Gasteiger partial charge in [-0.25, -0.2) is 0 Å². The van der Waals surface area contributed by atoms with Crippen LogP contribution >= 0.6 is 0 Å². The Bertz CT molecular complexity index is 1040. The minimum Gasteiger partial charge on any atom is -0.491 e. The highest BCUT2D eigenvalue weighted by atomic mass is 16.5. The molecule has 1 atom stereocenters. The van der Waals surface area contributed by atoms with E-state index >= 15 is 0 Å². The van der Waals surface area contributed by atoms with Crippen molar-refractivity contribution in [3.8, 4) is 5.75 Å². The van der Waals surface area contributed by atoms with Gasteiger partial charge >= 0.3 is 0 Å². The lowest BCUT2D eigenvalue weighted by molar-refractivity contribution is 0.0679. The molecule has 3 aromatic rings. The first-order chi connectivity index (χ1) is 15.2. The SMILES string of the molecule is O=C(Nc1cnn(Cc2nnc3n2CCCC3)c1)c1ccc(OC[C@@H]2CCCO2)cc1. The van der Waals surface area contributed by atoms with Gasteiger partial charge in [0, 0.05) is 31.3 Å². The number of aryl methyl sites for hydroxylation is 1. The fraction of sp³-hybridized carbons (Fsp3) is 0.455. The Morgan fingerprint density at radius 1 is 1.19 bits per heavy atom. The van der Waals surface area contributed by atoms with Crippen LogP contribution in [0.5, 0.6) is 5.75 Å². The highest BCUT2D eigenvalue weighted by Gasteiger charge is 2.17. The third-order valence-corrected chi connectivity index (χ3v) is 5.71. The molecule has 0 bridgehead atoms. The largest absolute Gasteiger partial charge is 0.491 e.